The first kappa shape index (κ1) is 22.7. The van der Waals surface area contributed by atoms with Crippen molar-refractivity contribution in [1.82, 2.24) is 10.3 Å². The molecular weight excluding hydrogens is 452 g/mol. The molecule has 0 aliphatic carbocycles. The van der Waals surface area contributed by atoms with Crippen molar-refractivity contribution >= 4 is 39.9 Å². The van der Waals surface area contributed by atoms with E-state index >= 15 is 0 Å². The molecule has 0 bridgehead atoms. The van der Waals surface area contributed by atoms with Crippen LogP contribution in [0.15, 0.2) is 78.2 Å². The van der Waals surface area contributed by atoms with Crippen LogP contribution in [0.3, 0.4) is 0 Å². The molecule has 2 amide bonds. The number of nitrogens with one attached hydrogen (secondary N) is 2. The highest BCUT2D eigenvalue weighted by Crippen LogP contribution is 2.29. The summed E-state index contributed by atoms with van der Waals surface area (Å²) in [5.41, 5.74) is 9.91. The van der Waals surface area contributed by atoms with Gasteiger partial charge in [-0.2, -0.15) is 0 Å². The van der Waals surface area contributed by atoms with Gasteiger partial charge in [-0.25, -0.2) is 9.78 Å². The number of aromatic nitrogens is 1. The SMILES string of the molecule is Nc1ccc(C(=O)NCC(=O)Nc2nc(-c3cccc(-c4cccc(C(=O)O)c4)c3)cs2)cc1. The molecule has 5 N–H and O–H groups in total. The number of hydrogen-bond donors (Lipinski definition) is 4. The third-order valence-corrected chi connectivity index (χ3v) is 5.69. The zero-order valence-electron chi connectivity index (χ0n) is 17.8. The van der Waals surface area contributed by atoms with Gasteiger partial charge in [-0.3, -0.25) is 9.59 Å². The summed E-state index contributed by atoms with van der Waals surface area (Å²) >= 11 is 1.27. The third-order valence-electron chi connectivity index (χ3n) is 4.93. The number of nitrogens with zero attached hydrogens (tertiary/aromatic N) is 1. The van der Waals surface area contributed by atoms with Crippen LogP contribution in [0.4, 0.5) is 10.8 Å². The van der Waals surface area contributed by atoms with Gasteiger partial charge in [-0.15, -0.1) is 11.3 Å². The van der Waals surface area contributed by atoms with E-state index in [1.807, 2.05) is 35.7 Å². The fourth-order valence-corrected chi connectivity index (χ4v) is 3.95. The molecule has 0 unspecified atom stereocenters. The summed E-state index contributed by atoms with van der Waals surface area (Å²) in [5, 5.41) is 16.7. The largest absolute Gasteiger partial charge is 0.478 e. The fraction of sp³-hybridized carbons (Fsp3) is 0.0400. The molecule has 0 fully saturated rings. The Morgan fingerprint density at radius 1 is 0.882 bits per heavy atom. The molecule has 0 atom stereocenters. The Hall–Kier alpha value is -4.50. The average molecular weight is 473 g/mol. The van der Waals surface area contributed by atoms with Crippen LogP contribution in [-0.2, 0) is 4.79 Å². The Balaban J connectivity index is 1.40. The van der Waals surface area contributed by atoms with Crippen molar-refractivity contribution in [3.8, 4) is 22.4 Å². The van der Waals surface area contributed by atoms with Crippen molar-refractivity contribution in [2.45, 2.75) is 0 Å². The van der Waals surface area contributed by atoms with Gasteiger partial charge in [0.1, 0.15) is 0 Å². The second-order valence-corrected chi connectivity index (χ2v) is 8.22. The first-order valence-electron chi connectivity index (χ1n) is 10.2. The lowest BCUT2D eigenvalue weighted by Gasteiger charge is -2.06. The van der Waals surface area contributed by atoms with Gasteiger partial charge in [-0.05, 0) is 53.6 Å². The maximum Gasteiger partial charge on any atom is 0.335 e. The van der Waals surface area contributed by atoms with Gasteiger partial charge in [0, 0.05) is 22.2 Å². The minimum Gasteiger partial charge on any atom is -0.478 e. The van der Waals surface area contributed by atoms with E-state index in [0.717, 1.165) is 16.7 Å². The molecule has 4 rings (SSSR count). The van der Waals surface area contributed by atoms with Crippen LogP contribution in [0.25, 0.3) is 22.4 Å². The Kier molecular flexibility index (Phi) is 6.65. The molecule has 1 aromatic heterocycles. The molecule has 0 aliphatic heterocycles. The van der Waals surface area contributed by atoms with E-state index in [1.54, 1.807) is 42.5 Å². The number of aromatic carboxylic acids is 1. The summed E-state index contributed by atoms with van der Waals surface area (Å²) in [6.45, 7) is -0.201. The standard InChI is InChI=1S/C25H20N4O4S/c26-20-9-7-15(8-10-20)23(31)27-13-22(30)29-25-28-21(14-34-25)18-5-1-3-16(11-18)17-4-2-6-19(12-17)24(32)33/h1-12,14H,13,26H2,(H,27,31)(H,32,33)(H,28,29,30). The zero-order valence-corrected chi connectivity index (χ0v) is 18.6. The number of amides is 2. The summed E-state index contributed by atoms with van der Waals surface area (Å²) in [7, 11) is 0. The maximum atomic E-state index is 12.2. The summed E-state index contributed by atoms with van der Waals surface area (Å²) in [5.74, 6) is -1.76. The molecule has 0 aliphatic rings. The summed E-state index contributed by atoms with van der Waals surface area (Å²) in [6, 6.07) is 20.7. The highest BCUT2D eigenvalue weighted by molar-refractivity contribution is 7.14. The van der Waals surface area contributed by atoms with Gasteiger partial charge in [-0.1, -0.05) is 30.3 Å². The Labute approximate surface area is 199 Å². The number of benzene rings is 3. The minimum atomic E-state index is -0.984. The number of carbonyl (C=O) groups excluding carboxylic acids is 2. The highest BCUT2D eigenvalue weighted by Gasteiger charge is 2.12. The lowest BCUT2D eigenvalue weighted by Crippen LogP contribution is -2.32. The minimum absolute atomic E-state index is 0.201. The number of thiazole rings is 1. The Morgan fingerprint density at radius 3 is 2.29 bits per heavy atom. The first-order chi connectivity index (χ1) is 16.4. The van der Waals surface area contributed by atoms with Crippen molar-refractivity contribution in [1.29, 1.82) is 0 Å². The molecule has 0 radical (unpaired) electrons. The molecule has 0 saturated heterocycles. The average Bonchev–Trinajstić information content (AvgIpc) is 3.31. The van der Waals surface area contributed by atoms with Gasteiger partial charge in [0.25, 0.3) is 5.91 Å². The summed E-state index contributed by atoms with van der Waals surface area (Å²) < 4.78 is 0. The topological polar surface area (TPSA) is 134 Å². The number of carbonyl (C=O) groups is 3. The lowest BCUT2D eigenvalue weighted by atomic mass is 10.0. The fourth-order valence-electron chi connectivity index (χ4n) is 3.21. The lowest BCUT2D eigenvalue weighted by molar-refractivity contribution is -0.115. The molecule has 0 spiro atoms. The number of carboxylic acids is 1. The quantitative estimate of drug-likeness (QED) is 0.299. The van der Waals surface area contributed by atoms with Crippen molar-refractivity contribution in [2.75, 3.05) is 17.6 Å². The predicted octanol–water partition coefficient (Wildman–Crippen LogP) is 4.13. The van der Waals surface area contributed by atoms with Crippen LogP contribution < -0.4 is 16.4 Å². The molecule has 4 aromatic rings. The number of hydrogen-bond acceptors (Lipinski definition) is 6. The van der Waals surface area contributed by atoms with E-state index in [9.17, 15) is 19.5 Å². The molecule has 8 nitrogen and oxygen atoms in total. The monoisotopic (exact) mass is 472 g/mol. The third kappa shape index (κ3) is 5.45. The van der Waals surface area contributed by atoms with Gasteiger partial charge in [0.15, 0.2) is 5.13 Å². The van der Waals surface area contributed by atoms with Crippen LogP contribution in [0.2, 0.25) is 0 Å². The second-order valence-electron chi connectivity index (χ2n) is 7.36. The Bertz CT molecular complexity index is 1370. The molecule has 34 heavy (non-hydrogen) atoms. The van der Waals surface area contributed by atoms with Gasteiger partial charge < -0.3 is 21.5 Å². The number of anilines is 2. The van der Waals surface area contributed by atoms with E-state index < -0.39 is 11.9 Å². The maximum absolute atomic E-state index is 12.2. The molecule has 9 heteroatoms. The van der Waals surface area contributed by atoms with E-state index in [1.165, 1.54) is 11.3 Å². The molecule has 3 aromatic carbocycles. The molecule has 0 saturated carbocycles. The number of rotatable bonds is 7. The van der Waals surface area contributed by atoms with E-state index in [2.05, 4.69) is 15.6 Å². The Morgan fingerprint density at radius 2 is 1.56 bits per heavy atom. The second kappa shape index (κ2) is 9.97. The highest BCUT2D eigenvalue weighted by atomic mass is 32.1. The zero-order chi connectivity index (χ0) is 24.1. The number of nitrogens with two attached hydrogens (primary N) is 1. The first-order valence-corrected chi connectivity index (χ1v) is 11.1. The van der Waals surface area contributed by atoms with Crippen LogP contribution in [0.1, 0.15) is 20.7 Å². The van der Waals surface area contributed by atoms with Crippen molar-refractivity contribution in [3.63, 3.8) is 0 Å². The van der Waals surface area contributed by atoms with Crippen LogP contribution in [-0.4, -0.2) is 34.4 Å². The van der Waals surface area contributed by atoms with E-state index in [4.69, 9.17) is 5.73 Å². The van der Waals surface area contributed by atoms with E-state index in [0.29, 0.717) is 22.1 Å². The molecular formula is C25H20N4O4S. The van der Waals surface area contributed by atoms with Gasteiger partial charge in [0.2, 0.25) is 5.91 Å². The summed E-state index contributed by atoms with van der Waals surface area (Å²) in [4.78, 5) is 40.1. The number of carboxylic acid groups (broad SMARTS) is 1. The van der Waals surface area contributed by atoms with Crippen molar-refractivity contribution in [3.05, 3.63) is 89.3 Å². The van der Waals surface area contributed by atoms with Crippen LogP contribution in [0, 0.1) is 0 Å². The summed E-state index contributed by atoms with van der Waals surface area (Å²) in [6.07, 6.45) is 0. The normalized spacial score (nSPS) is 10.5. The van der Waals surface area contributed by atoms with Crippen molar-refractivity contribution in [2.24, 2.45) is 0 Å². The van der Waals surface area contributed by atoms with Gasteiger partial charge in [0.05, 0.1) is 17.8 Å². The van der Waals surface area contributed by atoms with Gasteiger partial charge >= 0.3 is 5.97 Å². The van der Waals surface area contributed by atoms with Crippen LogP contribution >= 0.6 is 11.3 Å². The van der Waals surface area contributed by atoms with E-state index in [-0.39, 0.29) is 18.0 Å². The number of nitrogen functional groups attached to an aromatic ring is 1. The molecule has 170 valence electrons. The predicted molar refractivity (Wildman–Crippen MR) is 132 cm³/mol. The van der Waals surface area contributed by atoms with Crippen LogP contribution in [0.5, 0.6) is 0 Å². The smallest absolute Gasteiger partial charge is 0.335 e. The molecule has 1 heterocycles. The van der Waals surface area contributed by atoms with Crippen molar-refractivity contribution < 1.29 is 19.5 Å².